The minimum absolute atomic E-state index is 0.106. The summed E-state index contributed by atoms with van der Waals surface area (Å²) in [4.78, 5) is 11.0. The summed E-state index contributed by atoms with van der Waals surface area (Å²) in [6, 6.07) is 0. The van der Waals surface area contributed by atoms with E-state index in [0.717, 1.165) is 0 Å². The van der Waals surface area contributed by atoms with Gasteiger partial charge in [-0.1, -0.05) is 6.92 Å². The monoisotopic (exact) mass is 237 g/mol. The number of carboxylic acids is 1. The summed E-state index contributed by atoms with van der Waals surface area (Å²) in [6.45, 7) is 1.56. The van der Waals surface area contributed by atoms with Gasteiger partial charge in [-0.3, -0.25) is 4.79 Å². The Kier molecular flexibility index (Phi) is 3.54. The van der Waals surface area contributed by atoms with Crippen LogP contribution in [0.2, 0.25) is 0 Å². The maximum Gasteiger partial charge on any atom is 0.308 e. The Labute approximate surface area is 92.4 Å². The number of halogens is 2. The highest BCUT2D eigenvalue weighted by Crippen LogP contribution is 2.42. The fraction of sp³-hybridized carbons (Fsp3) is 0.900. The first-order valence-corrected chi connectivity index (χ1v) is 5.33. The lowest BCUT2D eigenvalue weighted by Crippen LogP contribution is -2.66. The molecule has 1 saturated carbocycles. The maximum absolute atomic E-state index is 13.3. The van der Waals surface area contributed by atoms with E-state index in [4.69, 9.17) is 10.8 Å². The van der Waals surface area contributed by atoms with Crippen molar-refractivity contribution >= 4 is 5.97 Å². The normalized spacial score (nSPS) is 35.7. The summed E-state index contributed by atoms with van der Waals surface area (Å²) < 4.78 is 26.7. The zero-order chi connectivity index (χ0) is 12.6. The Bertz CT molecular complexity index is 285. The van der Waals surface area contributed by atoms with Crippen molar-refractivity contribution in [3.05, 3.63) is 0 Å². The van der Waals surface area contributed by atoms with Gasteiger partial charge in [0.25, 0.3) is 5.92 Å². The molecule has 1 aliphatic rings. The van der Waals surface area contributed by atoms with Crippen molar-refractivity contribution in [2.75, 3.05) is 0 Å². The molecule has 1 aliphatic carbocycles. The van der Waals surface area contributed by atoms with Crippen LogP contribution in [0.5, 0.6) is 0 Å². The Balaban J connectivity index is 3.02. The number of aliphatic carboxylic acids is 1. The number of hydrogen-bond acceptors (Lipinski definition) is 3. The summed E-state index contributed by atoms with van der Waals surface area (Å²) in [6.07, 6.45) is -2.17. The van der Waals surface area contributed by atoms with Gasteiger partial charge in [0.15, 0.2) is 0 Å². The molecule has 0 aromatic carbocycles. The SMILES string of the molecule is CCC(C(=O)O)[C@]1(N)CCCC(F)(F)[C@@H]1O. The first-order valence-electron chi connectivity index (χ1n) is 5.33. The van der Waals surface area contributed by atoms with Gasteiger partial charge in [0.1, 0.15) is 6.10 Å². The quantitative estimate of drug-likeness (QED) is 0.683. The standard InChI is InChI=1S/C10H17F2NO3/c1-2-6(7(14)15)9(13)4-3-5-10(11,12)8(9)16/h6,8,16H,2-5,13H2,1H3,(H,14,15)/t6?,8-,9-/m1/s1. The van der Waals surface area contributed by atoms with Gasteiger partial charge in [-0.25, -0.2) is 8.78 Å². The van der Waals surface area contributed by atoms with E-state index in [1.54, 1.807) is 6.92 Å². The molecule has 1 fully saturated rings. The highest BCUT2D eigenvalue weighted by Gasteiger charge is 2.57. The molecular weight excluding hydrogens is 220 g/mol. The van der Waals surface area contributed by atoms with Gasteiger partial charge in [-0.15, -0.1) is 0 Å². The number of rotatable bonds is 3. The second-order valence-electron chi connectivity index (χ2n) is 4.43. The maximum atomic E-state index is 13.3. The van der Waals surface area contributed by atoms with Crippen molar-refractivity contribution in [1.29, 1.82) is 0 Å². The van der Waals surface area contributed by atoms with Crippen molar-refractivity contribution in [3.8, 4) is 0 Å². The molecule has 1 rings (SSSR count). The zero-order valence-electron chi connectivity index (χ0n) is 9.12. The van der Waals surface area contributed by atoms with Gasteiger partial charge in [0.2, 0.25) is 0 Å². The van der Waals surface area contributed by atoms with Crippen LogP contribution in [0.3, 0.4) is 0 Å². The Morgan fingerprint density at radius 2 is 2.12 bits per heavy atom. The third kappa shape index (κ3) is 2.04. The molecule has 16 heavy (non-hydrogen) atoms. The van der Waals surface area contributed by atoms with Crippen LogP contribution in [0.25, 0.3) is 0 Å². The highest BCUT2D eigenvalue weighted by molar-refractivity contribution is 5.72. The van der Waals surface area contributed by atoms with Crippen molar-refractivity contribution in [3.63, 3.8) is 0 Å². The number of nitrogens with two attached hydrogens (primary N) is 1. The number of hydrogen-bond donors (Lipinski definition) is 3. The van der Waals surface area contributed by atoms with E-state index < -0.39 is 35.9 Å². The fourth-order valence-corrected chi connectivity index (χ4v) is 2.45. The predicted molar refractivity (Wildman–Crippen MR) is 53.1 cm³/mol. The van der Waals surface area contributed by atoms with Crippen LogP contribution in [0.1, 0.15) is 32.6 Å². The molecule has 4 nitrogen and oxygen atoms in total. The second kappa shape index (κ2) is 4.25. The molecule has 6 heteroatoms. The third-order valence-electron chi connectivity index (χ3n) is 3.38. The van der Waals surface area contributed by atoms with E-state index in [-0.39, 0.29) is 19.3 Å². The van der Waals surface area contributed by atoms with E-state index in [1.165, 1.54) is 0 Å². The molecule has 0 spiro atoms. The van der Waals surface area contributed by atoms with Crippen molar-refractivity contribution in [1.82, 2.24) is 0 Å². The first-order chi connectivity index (χ1) is 7.25. The summed E-state index contributed by atoms with van der Waals surface area (Å²) in [5.41, 5.74) is 3.99. The first kappa shape index (κ1) is 13.3. The van der Waals surface area contributed by atoms with E-state index in [9.17, 15) is 18.7 Å². The van der Waals surface area contributed by atoms with Crippen molar-refractivity contribution in [2.45, 2.75) is 50.2 Å². The van der Waals surface area contributed by atoms with Gasteiger partial charge >= 0.3 is 5.97 Å². The average molecular weight is 237 g/mol. The molecule has 0 amide bonds. The number of carboxylic acid groups (broad SMARTS) is 1. The van der Waals surface area contributed by atoms with Gasteiger partial charge in [0.05, 0.1) is 11.5 Å². The molecule has 0 aliphatic heterocycles. The highest BCUT2D eigenvalue weighted by atomic mass is 19.3. The largest absolute Gasteiger partial charge is 0.481 e. The zero-order valence-corrected chi connectivity index (χ0v) is 9.12. The van der Waals surface area contributed by atoms with Crippen LogP contribution in [0.15, 0.2) is 0 Å². The van der Waals surface area contributed by atoms with Gasteiger partial charge < -0.3 is 15.9 Å². The van der Waals surface area contributed by atoms with Crippen LogP contribution in [-0.2, 0) is 4.79 Å². The second-order valence-corrected chi connectivity index (χ2v) is 4.43. The van der Waals surface area contributed by atoms with E-state index in [0.29, 0.717) is 0 Å². The van der Waals surface area contributed by atoms with Crippen molar-refractivity contribution in [2.24, 2.45) is 11.7 Å². The smallest absolute Gasteiger partial charge is 0.308 e. The summed E-state index contributed by atoms with van der Waals surface area (Å²) in [7, 11) is 0. The Hall–Kier alpha value is -0.750. The minimum Gasteiger partial charge on any atom is -0.481 e. The van der Waals surface area contributed by atoms with Gasteiger partial charge in [-0.05, 0) is 19.3 Å². The molecule has 0 radical (unpaired) electrons. The number of carbonyl (C=O) groups is 1. The molecule has 94 valence electrons. The molecule has 0 saturated heterocycles. The summed E-state index contributed by atoms with van der Waals surface area (Å²) in [5, 5.41) is 18.5. The van der Waals surface area contributed by atoms with Crippen LogP contribution >= 0.6 is 0 Å². The van der Waals surface area contributed by atoms with Crippen LogP contribution in [0, 0.1) is 5.92 Å². The van der Waals surface area contributed by atoms with Gasteiger partial charge in [-0.2, -0.15) is 0 Å². The lowest BCUT2D eigenvalue weighted by Gasteiger charge is -2.45. The molecule has 3 atom stereocenters. The Morgan fingerprint density at radius 3 is 2.56 bits per heavy atom. The van der Waals surface area contributed by atoms with Crippen LogP contribution in [0.4, 0.5) is 8.78 Å². The van der Waals surface area contributed by atoms with Crippen LogP contribution in [-0.4, -0.2) is 33.7 Å². The minimum atomic E-state index is -3.30. The number of aliphatic hydroxyl groups is 1. The molecule has 4 N–H and O–H groups in total. The van der Waals surface area contributed by atoms with Gasteiger partial charge in [0, 0.05) is 6.42 Å². The van der Waals surface area contributed by atoms with E-state index in [1.807, 2.05) is 0 Å². The lowest BCUT2D eigenvalue weighted by molar-refractivity contribution is -0.181. The average Bonchev–Trinajstić information content (AvgIpc) is 2.14. The van der Waals surface area contributed by atoms with Crippen molar-refractivity contribution < 1.29 is 23.8 Å². The number of aliphatic hydroxyl groups excluding tert-OH is 1. The lowest BCUT2D eigenvalue weighted by atomic mass is 9.69. The fourth-order valence-electron chi connectivity index (χ4n) is 2.45. The molecule has 0 heterocycles. The van der Waals surface area contributed by atoms with Crippen LogP contribution < -0.4 is 5.73 Å². The number of alkyl halides is 2. The topological polar surface area (TPSA) is 83.5 Å². The summed E-state index contributed by atoms with van der Waals surface area (Å²) >= 11 is 0. The molecule has 0 aromatic heterocycles. The molecular formula is C10H17F2NO3. The third-order valence-corrected chi connectivity index (χ3v) is 3.38. The summed E-state index contributed by atoms with van der Waals surface area (Å²) in [5.74, 6) is -5.68. The predicted octanol–water partition coefficient (Wildman–Crippen LogP) is 0.975. The van der Waals surface area contributed by atoms with E-state index >= 15 is 0 Å². The van der Waals surface area contributed by atoms with E-state index in [2.05, 4.69) is 0 Å². The molecule has 0 aromatic rings. The Morgan fingerprint density at radius 1 is 1.56 bits per heavy atom. The molecule has 1 unspecified atom stereocenters. The molecule has 0 bridgehead atoms.